The first-order chi connectivity index (χ1) is 16.9. The molecule has 2 aromatic carbocycles. The maximum absolute atomic E-state index is 13.6. The van der Waals surface area contributed by atoms with Crippen LogP contribution < -0.4 is 10.6 Å². The fraction of sp³-hybridized carbons (Fsp3) is 0.241. The molecule has 3 heterocycles. The standard InChI is InChI=1S/C29H30N4O2/c1-19-12-20(2)30-16-23(19)17-32-28(34)29(3,14-22-15-31-26-10-6-5-9-25(22)26)33-18-24-13-21-8-4-7-11-27(21)35-24/h4-13,15-16,31,33H,14,17-18H2,1-3H3,(H,32,34). The Kier molecular flexibility index (Phi) is 6.14. The number of aromatic nitrogens is 2. The van der Waals surface area contributed by atoms with Crippen LogP contribution in [0.5, 0.6) is 0 Å². The Hall–Kier alpha value is -3.90. The normalized spacial score (nSPS) is 13.2. The minimum atomic E-state index is -0.865. The largest absolute Gasteiger partial charge is 0.460 e. The van der Waals surface area contributed by atoms with E-state index >= 15 is 0 Å². The third-order valence-corrected chi connectivity index (χ3v) is 6.64. The highest BCUT2D eigenvalue weighted by atomic mass is 16.3. The summed E-state index contributed by atoms with van der Waals surface area (Å²) in [4.78, 5) is 21.4. The molecule has 5 aromatic rings. The van der Waals surface area contributed by atoms with Gasteiger partial charge in [-0.05, 0) is 61.7 Å². The first-order valence-electron chi connectivity index (χ1n) is 11.9. The third kappa shape index (κ3) is 4.84. The van der Waals surface area contributed by atoms with Gasteiger partial charge in [-0.25, -0.2) is 0 Å². The van der Waals surface area contributed by atoms with Gasteiger partial charge in [-0.1, -0.05) is 36.4 Å². The molecule has 0 spiro atoms. The average molecular weight is 467 g/mol. The fourth-order valence-electron chi connectivity index (χ4n) is 4.57. The van der Waals surface area contributed by atoms with Gasteiger partial charge >= 0.3 is 0 Å². The fourth-order valence-corrected chi connectivity index (χ4v) is 4.57. The van der Waals surface area contributed by atoms with E-state index in [9.17, 15) is 4.79 Å². The number of benzene rings is 2. The number of para-hydroxylation sites is 2. The van der Waals surface area contributed by atoms with Crippen LogP contribution in [-0.2, 0) is 24.3 Å². The van der Waals surface area contributed by atoms with E-state index in [-0.39, 0.29) is 5.91 Å². The molecule has 35 heavy (non-hydrogen) atoms. The molecule has 0 saturated carbocycles. The topological polar surface area (TPSA) is 83.0 Å². The predicted molar refractivity (Wildman–Crippen MR) is 139 cm³/mol. The van der Waals surface area contributed by atoms with Crippen LogP contribution in [0.1, 0.15) is 35.1 Å². The summed E-state index contributed by atoms with van der Waals surface area (Å²) in [5, 5.41) is 8.81. The Balaban J connectivity index is 1.39. The molecule has 0 aliphatic carbocycles. The number of furan rings is 1. The number of aryl methyl sites for hydroxylation is 2. The molecule has 0 radical (unpaired) electrons. The van der Waals surface area contributed by atoms with Crippen molar-refractivity contribution in [3.05, 3.63) is 101 Å². The summed E-state index contributed by atoms with van der Waals surface area (Å²) in [6, 6.07) is 20.1. The summed E-state index contributed by atoms with van der Waals surface area (Å²) >= 11 is 0. The second-order valence-electron chi connectivity index (χ2n) is 9.41. The molecule has 1 unspecified atom stereocenters. The van der Waals surface area contributed by atoms with Crippen LogP contribution in [0.3, 0.4) is 0 Å². The van der Waals surface area contributed by atoms with Gasteiger partial charge in [-0.15, -0.1) is 0 Å². The van der Waals surface area contributed by atoms with Crippen molar-refractivity contribution in [3.8, 4) is 0 Å². The van der Waals surface area contributed by atoms with Crippen molar-refractivity contribution in [1.29, 1.82) is 0 Å². The number of aromatic amines is 1. The van der Waals surface area contributed by atoms with Crippen molar-refractivity contribution in [3.63, 3.8) is 0 Å². The molecule has 5 rings (SSSR count). The van der Waals surface area contributed by atoms with E-state index in [1.807, 2.05) is 87.8 Å². The van der Waals surface area contributed by atoms with Crippen molar-refractivity contribution in [1.82, 2.24) is 20.6 Å². The van der Waals surface area contributed by atoms with E-state index in [1.54, 1.807) is 0 Å². The van der Waals surface area contributed by atoms with E-state index in [1.165, 1.54) is 0 Å². The monoisotopic (exact) mass is 466 g/mol. The second kappa shape index (κ2) is 9.39. The number of nitrogens with zero attached hydrogens (tertiary/aromatic N) is 1. The first kappa shape index (κ1) is 22.9. The van der Waals surface area contributed by atoms with Crippen LogP contribution in [0.2, 0.25) is 0 Å². The number of carbonyl (C=O) groups is 1. The smallest absolute Gasteiger partial charge is 0.240 e. The Bertz CT molecular complexity index is 1470. The zero-order chi connectivity index (χ0) is 24.4. The van der Waals surface area contributed by atoms with Crippen molar-refractivity contribution in [2.75, 3.05) is 0 Å². The lowest BCUT2D eigenvalue weighted by molar-refractivity contribution is -0.127. The number of H-pyrrole nitrogens is 1. The number of pyridine rings is 1. The van der Waals surface area contributed by atoms with Gasteiger partial charge in [0.25, 0.3) is 0 Å². The zero-order valence-corrected chi connectivity index (χ0v) is 20.3. The second-order valence-corrected chi connectivity index (χ2v) is 9.41. The van der Waals surface area contributed by atoms with Crippen LogP contribution in [0.15, 0.2) is 77.5 Å². The molecular formula is C29H30N4O2. The summed E-state index contributed by atoms with van der Waals surface area (Å²) in [6.45, 7) is 6.82. The van der Waals surface area contributed by atoms with Crippen LogP contribution in [0.4, 0.5) is 0 Å². The van der Waals surface area contributed by atoms with Crippen molar-refractivity contribution in [2.24, 2.45) is 0 Å². The van der Waals surface area contributed by atoms with Crippen LogP contribution >= 0.6 is 0 Å². The van der Waals surface area contributed by atoms with E-state index < -0.39 is 5.54 Å². The number of hydrogen-bond acceptors (Lipinski definition) is 4. The maximum atomic E-state index is 13.6. The third-order valence-electron chi connectivity index (χ3n) is 6.64. The average Bonchev–Trinajstić information content (AvgIpc) is 3.46. The molecule has 0 fully saturated rings. The summed E-state index contributed by atoms with van der Waals surface area (Å²) in [7, 11) is 0. The lowest BCUT2D eigenvalue weighted by Gasteiger charge is -2.29. The molecule has 0 saturated heterocycles. The lowest BCUT2D eigenvalue weighted by atomic mass is 9.91. The Morgan fingerprint density at radius 3 is 2.66 bits per heavy atom. The van der Waals surface area contributed by atoms with Gasteiger partial charge in [0.15, 0.2) is 0 Å². The number of fused-ring (bicyclic) bond motifs is 2. The SMILES string of the molecule is Cc1cc(C)c(CNC(=O)C(C)(Cc2c[nH]c3ccccc23)NCc2cc3ccccc3o2)cn1. The Morgan fingerprint density at radius 1 is 1.03 bits per heavy atom. The van der Waals surface area contributed by atoms with E-state index in [2.05, 4.69) is 26.7 Å². The van der Waals surface area contributed by atoms with Crippen LogP contribution in [0, 0.1) is 13.8 Å². The zero-order valence-electron chi connectivity index (χ0n) is 20.3. The molecule has 178 valence electrons. The molecule has 1 atom stereocenters. The van der Waals surface area contributed by atoms with Crippen molar-refractivity contribution in [2.45, 2.75) is 45.8 Å². The number of carbonyl (C=O) groups excluding carboxylic acids is 1. The Morgan fingerprint density at radius 2 is 1.83 bits per heavy atom. The molecule has 0 aliphatic heterocycles. The summed E-state index contributed by atoms with van der Waals surface area (Å²) < 4.78 is 6.00. The summed E-state index contributed by atoms with van der Waals surface area (Å²) in [5.41, 5.74) is 5.22. The minimum absolute atomic E-state index is 0.0705. The maximum Gasteiger partial charge on any atom is 0.240 e. The minimum Gasteiger partial charge on any atom is -0.460 e. The summed E-state index contributed by atoms with van der Waals surface area (Å²) in [5.74, 6) is 0.724. The molecule has 6 nitrogen and oxygen atoms in total. The van der Waals surface area contributed by atoms with Gasteiger partial charge in [-0.2, -0.15) is 0 Å². The first-order valence-corrected chi connectivity index (χ1v) is 11.9. The van der Waals surface area contributed by atoms with Crippen LogP contribution in [0.25, 0.3) is 21.9 Å². The number of hydrogen-bond donors (Lipinski definition) is 3. The summed E-state index contributed by atoms with van der Waals surface area (Å²) in [6.07, 6.45) is 4.35. The molecule has 3 N–H and O–H groups in total. The van der Waals surface area contributed by atoms with Crippen molar-refractivity contribution < 1.29 is 9.21 Å². The number of amides is 1. The quantitative estimate of drug-likeness (QED) is 0.289. The number of nitrogens with one attached hydrogen (secondary N) is 3. The molecule has 1 amide bonds. The van der Waals surface area contributed by atoms with Gasteiger partial charge < -0.3 is 14.7 Å². The van der Waals surface area contributed by atoms with E-state index in [0.717, 1.165) is 50.0 Å². The lowest BCUT2D eigenvalue weighted by Crippen LogP contribution is -2.55. The van der Waals surface area contributed by atoms with Gasteiger partial charge in [-0.3, -0.25) is 15.1 Å². The molecule has 3 aromatic heterocycles. The van der Waals surface area contributed by atoms with Crippen LogP contribution in [-0.4, -0.2) is 21.4 Å². The van der Waals surface area contributed by atoms with Gasteiger partial charge in [0.05, 0.1) is 12.1 Å². The Labute approximate surface area is 204 Å². The van der Waals surface area contributed by atoms with Gasteiger partial charge in [0.2, 0.25) is 5.91 Å². The number of rotatable bonds is 8. The molecule has 0 aliphatic rings. The highest BCUT2D eigenvalue weighted by Crippen LogP contribution is 2.24. The predicted octanol–water partition coefficient (Wildman–Crippen LogP) is 5.33. The van der Waals surface area contributed by atoms with E-state index in [4.69, 9.17) is 4.42 Å². The van der Waals surface area contributed by atoms with Crippen molar-refractivity contribution >= 4 is 27.8 Å². The molecule has 6 heteroatoms. The van der Waals surface area contributed by atoms with Gasteiger partial charge in [0, 0.05) is 47.3 Å². The van der Waals surface area contributed by atoms with Gasteiger partial charge in [0.1, 0.15) is 11.3 Å². The highest BCUT2D eigenvalue weighted by molar-refractivity contribution is 5.89. The molecular weight excluding hydrogens is 436 g/mol. The molecule has 0 bridgehead atoms. The highest BCUT2D eigenvalue weighted by Gasteiger charge is 2.34. The van der Waals surface area contributed by atoms with E-state index in [0.29, 0.717) is 19.5 Å².